The number of fused-ring (bicyclic) bond motifs is 1. The molecule has 0 aliphatic carbocycles. The smallest absolute Gasteiger partial charge is 0.308 e. The number of aromatic nitrogens is 1. The summed E-state index contributed by atoms with van der Waals surface area (Å²) in [5.41, 5.74) is -0.748. The number of nitrogens with one attached hydrogen (secondary N) is 1. The van der Waals surface area contributed by atoms with Crippen molar-refractivity contribution in [3.63, 3.8) is 0 Å². The number of carboxylic acid groups (broad SMARTS) is 1. The van der Waals surface area contributed by atoms with E-state index in [9.17, 15) is 32.7 Å². The summed E-state index contributed by atoms with van der Waals surface area (Å²) in [5.74, 6) is -11.5. The number of benzene rings is 2. The second kappa shape index (κ2) is 9.16. The molecule has 3 aromatic rings. The molecule has 1 aromatic heterocycles. The zero-order valence-corrected chi connectivity index (χ0v) is 18.2. The zero-order valence-electron chi connectivity index (χ0n) is 18.2. The SMILES string of the molecule is Cc1c([C@H](C)C(=O)NCC(C)C(=O)O)c2c(F)c(O)c(F)cc2n1C(=O)c1ccc(F)c(F)c1. The maximum atomic E-state index is 15.0. The molecule has 7 nitrogen and oxygen atoms in total. The third-order valence-corrected chi connectivity index (χ3v) is 5.61. The van der Waals surface area contributed by atoms with Crippen LogP contribution in [-0.2, 0) is 9.59 Å². The molecule has 3 N–H and O–H groups in total. The van der Waals surface area contributed by atoms with E-state index in [1.54, 1.807) is 0 Å². The number of halogens is 4. The fourth-order valence-electron chi connectivity index (χ4n) is 3.69. The van der Waals surface area contributed by atoms with Crippen molar-refractivity contribution in [3.05, 3.63) is 64.4 Å². The summed E-state index contributed by atoms with van der Waals surface area (Å²) in [6.07, 6.45) is 0. The van der Waals surface area contributed by atoms with Crippen molar-refractivity contribution < 1.29 is 42.2 Å². The number of hydrogen-bond donors (Lipinski definition) is 3. The zero-order chi connectivity index (χ0) is 25.5. The highest BCUT2D eigenvalue weighted by molar-refractivity contribution is 6.06. The fraction of sp³-hybridized carbons (Fsp3) is 0.261. The molecule has 0 spiro atoms. The molecular formula is C23H20F4N2O5. The van der Waals surface area contributed by atoms with Gasteiger partial charge in [0, 0.05) is 29.3 Å². The van der Waals surface area contributed by atoms with Crippen molar-refractivity contribution in [1.29, 1.82) is 0 Å². The summed E-state index contributed by atoms with van der Waals surface area (Å²) in [5, 5.41) is 20.8. The van der Waals surface area contributed by atoms with Crippen LogP contribution in [0.25, 0.3) is 10.9 Å². The van der Waals surface area contributed by atoms with Crippen LogP contribution in [0.1, 0.15) is 41.4 Å². The quantitative estimate of drug-likeness (QED) is 0.465. The first kappa shape index (κ1) is 24.7. The molecule has 0 saturated carbocycles. The molecule has 1 amide bonds. The Hall–Kier alpha value is -3.89. The summed E-state index contributed by atoms with van der Waals surface area (Å²) < 4.78 is 57.1. The van der Waals surface area contributed by atoms with Crippen molar-refractivity contribution in [1.82, 2.24) is 9.88 Å². The lowest BCUT2D eigenvalue weighted by molar-refractivity contribution is -0.141. The van der Waals surface area contributed by atoms with E-state index in [-0.39, 0.29) is 28.9 Å². The highest BCUT2D eigenvalue weighted by atomic mass is 19.2. The number of rotatable bonds is 6. The Morgan fingerprint density at radius 2 is 1.68 bits per heavy atom. The van der Waals surface area contributed by atoms with Gasteiger partial charge >= 0.3 is 5.97 Å². The molecule has 0 bridgehead atoms. The lowest BCUT2D eigenvalue weighted by Crippen LogP contribution is -2.34. The second-order valence-corrected chi connectivity index (χ2v) is 7.89. The highest BCUT2D eigenvalue weighted by Gasteiger charge is 2.31. The molecule has 3 rings (SSSR count). The van der Waals surface area contributed by atoms with Crippen molar-refractivity contribution in [2.75, 3.05) is 6.54 Å². The first-order valence-electron chi connectivity index (χ1n) is 10.1. The number of carbonyl (C=O) groups excluding carboxylic acids is 2. The van der Waals surface area contributed by atoms with Crippen LogP contribution in [0.2, 0.25) is 0 Å². The number of aromatic hydroxyl groups is 1. The molecule has 0 aliphatic heterocycles. The first-order valence-corrected chi connectivity index (χ1v) is 10.1. The number of nitrogens with zero attached hydrogens (tertiary/aromatic N) is 1. The van der Waals surface area contributed by atoms with Gasteiger partial charge in [-0.3, -0.25) is 19.0 Å². The van der Waals surface area contributed by atoms with E-state index in [4.69, 9.17) is 5.11 Å². The average Bonchev–Trinajstić information content (AvgIpc) is 3.07. The summed E-state index contributed by atoms with van der Waals surface area (Å²) in [7, 11) is 0. The fourth-order valence-corrected chi connectivity index (χ4v) is 3.69. The van der Waals surface area contributed by atoms with Crippen LogP contribution in [0.15, 0.2) is 24.3 Å². The minimum atomic E-state index is -1.41. The monoisotopic (exact) mass is 480 g/mol. The summed E-state index contributed by atoms with van der Waals surface area (Å²) in [4.78, 5) is 36.9. The van der Waals surface area contributed by atoms with E-state index in [2.05, 4.69) is 5.32 Å². The molecule has 1 heterocycles. The van der Waals surface area contributed by atoms with E-state index >= 15 is 4.39 Å². The molecule has 11 heteroatoms. The Bertz CT molecular complexity index is 1340. The van der Waals surface area contributed by atoms with Gasteiger partial charge in [0.15, 0.2) is 29.0 Å². The van der Waals surface area contributed by atoms with E-state index in [1.165, 1.54) is 20.8 Å². The summed E-state index contributed by atoms with van der Waals surface area (Å²) in [6, 6.07) is 3.03. The second-order valence-electron chi connectivity index (χ2n) is 7.89. The number of amides is 1. The minimum Gasteiger partial charge on any atom is -0.503 e. The van der Waals surface area contributed by atoms with Crippen LogP contribution in [0, 0.1) is 36.1 Å². The largest absolute Gasteiger partial charge is 0.503 e. The van der Waals surface area contributed by atoms with Gasteiger partial charge in [-0.05, 0) is 37.6 Å². The topological polar surface area (TPSA) is 109 Å². The van der Waals surface area contributed by atoms with E-state index in [0.717, 1.165) is 16.7 Å². The molecule has 34 heavy (non-hydrogen) atoms. The Balaban J connectivity index is 2.19. The van der Waals surface area contributed by atoms with E-state index in [0.29, 0.717) is 12.1 Å². The van der Waals surface area contributed by atoms with Gasteiger partial charge in [0.25, 0.3) is 5.91 Å². The van der Waals surface area contributed by atoms with Crippen LogP contribution in [0.5, 0.6) is 5.75 Å². The van der Waals surface area contributed by atoms with Gasteiger partial charge in [-0.15, -0.1) is 0 Å². The summed E-state index contributed by atoms with van der Waals surface area (Å²) in [6.45, 7) is 3.83. The minimum absolute atomic E-state index is 0.0115. The number of aliphatic carboxylic acids is 1. The van der Waals surface area contributed by atoms with Gasteiger partial charge < -0.3 is 15.5 Å². The average molecular weight is 480 g/mol. The Labute approximate surface area is 190 Å². The van der Waals surface area contributed by atoms with Crippen LogP contribution in [0.3, 0.4) is 0 Å². The van der Waals surface area contributed by atoms with Crippen LogP contribution >= 0.6 is 0 Å². The van der Waals surface area contributed by atoms with Crippen molar-refractivity contribution in [2.24, 2.45) is 5.92 Å². The molecule has 0 fully saturated rings. The first-order chi connectivity index (χ1) is 15.9. The summed E-state index contributed by atoms with van der Waals surface area (Å²) >= 11 is 0. The standard InChI is InChI=1S/C23H20F4N2O5/c1-9(23(33)34)8-28-21(31)10(2)17-11(3)29(16-7-15(26)20(30)19(27)18(16)17)22(32)12-4-5-13(24)14(25)6-12/h4-7,9-10,30H,8H2,1-3H3,(H,28,31)(H,33,34)/t9?,10-/m0/s1. The van der Waals surface area contributed by atoms with Crippen LogP contribution in [0.4, 0.5) is 17.6 Å². The Morgan fingerprint density at radius 1 is 1.03 bits per heavy atom. The van der Waals surface area contributed by atoms with E-state index in [1.807, 2.05) is 0 Å². The normalized spacial score (nSPS) is 13.0. The molecule has 2 aromatic carbocycles. The van der Waals surface area contributed by atoms with Crippen LogP contribution < -0.4 is 5.32 Å². The number of phenols is 1. The Morgan fingerprint density at radius 3 is 2.26 bits per heavy atom. The maximum Gasteiger partial charge on any atom is 0.308 e. The van der Waals surface area contributed by atoms with Gasteiger partial charge in [0.1, 0.15) is 0 Å². The molecule has 0 aliphatic rings. The number of carbonyl (C=O) groups is 3. The van der Waals surface area contributed by atoms with Gasteiger partial charge in [-0.1, -0.05) is 6.92 Å². The molecule has 2 atom stereocenters. The molecule has 1 unspecified atom stereocenters. The lowest BCUT2D eigenvalue weighted by atomic mass is 9.96. The van der Waals surface area contributed by atoms with Crippen molar-refractivity contribution in [3.8, 4) is 5.75 Å². The Kier molecular flexibility index (Phi) is 6.67. The van der Waals surface area contributed by atoms with Gasteiger partial charge in [-0.25, -0.2) is 17.6 Å². The predicted octanol–water partition coefficient (Wildman–Crippen LogP) is 3.84. The van der Waals surface area contributed by atoms with Gasteiger partial charge in [-0.2, -0.15) is 0 Å². The maximum absolute atomic E-state index is 15.0. The molecule has 0 radical (unpaired) electrons. The predicted molar refractivity (Wildman–Crippen MR) is 113 cm³/mol. The number of hydrogen-bond acceptors (Lipinski definition) is 4. The number of carboxylic acids is 1. The lowest BCUT2D eigenvalue weighted by Gasteiger charge is -2.15. The highest BCUT2D eigenvalue weighted by Crippen LogP contribution is 2.38. The van der Waals surface area contributed by atoms with Gasteiger partial charge in [0.05, 0.1) is 17.4 Å². The van der Waals surface area contributed by atoms with Crippen LogP contribution in [-0.4, -0.2) is 39.1 Å². The molecule has 0 saturated heterocycles. The third-order valence-electron chi connectivity index (χ3n) is 5.61. The van der Waals surface area contributed by atoms with Gasteiger partial charge in [0.2, 0.25) is 5.91 Å². The third kappa shape index (κ3) is 4.20. The van der Waals surface area contributed by atoms with E-state index < -0.39 is 64.0 Å². The molecular weight excluding hydrogens is 460 g/mol. The van der Waals surface area contributed by atoms with Crippen molar-refractivity contribution >= 4 is 28.7 Å². The van der Waals surface area contributed by atoms with Crippen molar-refractivity contribution in [2.45, 2.75) is 26.7 Å². The number of phenolic OH excluding ortho intramolecular Hbond substituents is 1. The molecule has 180 valence electrons.